The van der Waals surface area contributed by atoms with Gasteiger partial charge < -0.3 is 5.32 Å². The molecule has 4 nitrogen and oxygen atoms in total. The number of aromatic nitrogens is 2. The summed E-state index contributed by atoms with van der Waals surface area (Å²) in [5.74, 6) is 0.586. The number of rotatable bonds is 2. The highest BCUT2D eigenvalue weighted by atomic mass is 16.1. The second kappa shape index (κ2) is 3.82. The molecular weight excluding hydrogens is 178 g/mol. The van der Waals surface area contributed by atoms with Gasteiger partial charge in [0.2, 0.25) is 0 Å². The zero-order valence-electron chi connectivity index (χ0n) is 8.29. The number of hydrogen-bond acceptors (Lipinski definition) is 2. The molecule has 0 saturated heterocycles. The van der Waals surface area contributed by atoms with Gasteiger partial charge in [-0.15, -0.1) is 0 Å². The van der Waals surface area contributed by atoms with Gasteiger partial charge in [-0.25, -0.2) is 0 Å². The monoisotopic (exact) mass is 193 g/mol. The van der Waals surface area contributed by atoms with Crippen molar-refractivity contribution in [2.24, 2.45) is 5.92 Å². The highest BCUT2D eigenvalue weighted by molar-refractivity contribution is 5.93. The molecule has 2 atom stereocenters. The van der Waals surface area contributed by atoms with Crippen LogP contribution < -0.4 is 5.32 Å². The summed E-state index contributed by atoms with van der Waals surface area (Å²) >= 11 is 0. The Morgan fingerprint density at radius 1 is 1.64 bits per heavy atom. The molecule has 1 aromatic rings. The van der Waals surface area contributed by atoms with E-state index in [1.54, 1.807) is 12.4 Å². The van der Waals surface area contributed by atoms with Gasteiger partial charge in [-0.3, -0.25) is 9.89 Å². The van der Waals surface area contributed by atoms with Crippen molar-refractivity contribution in [2.45, 2.75) is 32.2 Å². The van der Waals surface area contributed by atoms with Gasteiger partial charge in [-0.2, -0.15) is 5.10 Å². The SMILES string of the molecule is CC1CCCC1NC(=O)c1cn[nH]c1. The number of carbonyl (C=O) groups is 1. The van der Waals surface area contributed by atoms with Crippen LogP contribution in [0.1, 0.15) is 36.5 Å². The van der Waals surface area contributed by atoms with Crippen molar-refractivity contribution in [1.29, 1.82) is 0 Å². The third-order valence-corrected chi connectivity index (χ3v) is 2.94. The standard InChI is InChI=1S/C10H15N3O/c1-7-3-2-4-9(7)13-10(14)8-5-11-12-6-8/h5-7,9H,2-4H2,1H3,(H,11,12)(H,13,14). The van der Waals surface area contributed by atoms with Crippen molar-refractivity contribution in [3.05, 3.63) is 18.0 Å². The second-order valence-corrected chi connectivity index (χ2v) is 3.98. The molecule has 14 heavy (non-hydrogen) atoms. The summed E-state index contributed by atoms with van der Waals surface area (Å²) in [5.41, 5.74) is 0.615. The average Bonchev–Trinajstić information content (AvgIpc) is 2.77. The van der Waals surface area contributed by atoms with E-state index in [2.05, 4.69) is 22.4 Å². The maximum atomic E-state index is 11.6. The number of carbonyl (C=O) groups excluding carboxylic acids is 1. The van der Waals surface area contributed by atoms with E-state index in [0.29, 0.717) is 17.5 Å². The highest BCUT2D eigenvalue weighted by Crippen LogP contribution is 2.24. The van der Waals surface area contributed by atoms with E-state index in [0.717, 1.165) is 6.42 Å². The van der Waals surface area contributed by atoms with E-state index < -0.39 is 0 Å². The molecule has 2 rings (SSSR count). The number of nitrogens with one attached hydrogen (secondary N) is 2. The fraction of sp³-hybridized carbons (Fsp3) is 0.600. The Labute approximate surface area is 83.1 Å². The maximum Gasteiger partial charge on any atom is 0.254 e. The van der Waals surface area contributed by atoms with Crippen LogP contribution >= 0.6 is 0 Å². The number of nitrogens with zero attached hydrogens (tertiary/aromatic N) is 1. The molecule has 4 heteroatoms. The molecule has 0 aliphatic heterocycles. The smallest absolute Gasteiger partial charge is 0.254 e. The first-order valence-corrected chi connectivity index (χ1v) is 5.07. The molecule has 0 bridgehead atoms. The van der Waals surface area contributed by atoms with Crippen LogP contribution in [-0.2, 0) is 0 Å². The molecule has 76 valence electrons. The molecule has 1 heterocycles. The zero-order valence-corrected chi connectivity index (χ0v) is 8.29. The number of H-pyrrole nitrogens is 1. The first-order chi connectivity index (χ1) is 6.77. The third kappa shape index (κ3) is 1.78. The normalized spacial score (nSPS) is 26.4. The Balaban J connectivity index is 1.95. The van der Waals surface area contributed by atoms with Crippen LogP contribution in [0.4, 0.5) is 0 Å². The van der Waals surface area contributed by atoms with Crippen LogP contribution in [0.25, 0.3) is 0 Å². The van der Waals surface area contributed by atoms with Gasteiger partial charge in [0.1, 0.15) is 0 Å². The molecule has 2 unspecified atom stereocenters. The molecule has 1 fully saturated rings. The average molecular weight is 193 g/mol. The Bertz CT molecular complexity index is 307. The molecule has 0 spiro atoms. The Hall–Kier alpha value is -1.32. The van der Waals surface area contributed by atoms with E-state index in [1.807, 2.05) is 0 Å². The minimum atomic E-state index is -0.0162. The minimum Gasteiger partial charge on any atom is -0.349 e. The maximum absolute atomic E-state index is 11.6. The Morgan fingerprint density at radius 2 is 2.50 bits per heavy atom. The fourth-order valence-corrected chi connectivity index (χ4v) is 1.99. The van der Waals surface area contributed by atoms with Gasteiger partial charge in [0.15, 0.2) is 0 Å². The van der Waals surface area contributed by atoms with Crippen molar-refractivity contribution in [3.63, 3.8) is 0 Å². The van der Waals surface area contributed by atoms with E-state index in [1.165, 1.54) is 12.8 Å². The van der Waals surface area contributed by atoms with E-state index >= 15 is 0 Å². The van der Waals surface area contributed by atoms with Crippen LogP contribution in [0, 0.1) is 5.92 Å². The lowest BCUT2D eigenvalue weighted by atomic mass is 10.1. The second-order valence-electron chi connectivity index (χ2n) is 3.98. The third-order valence-electron chi connectivity index (χ3n) is 2.94. The lowest BCUT2D eigenvalue weighted by Gasteiger charge is -2.16. The predicted octanol–water partition coefficient (Wildman–Crippen LogP) is 1.33. The topological polar surface area (TPSA) is 57.8 Å². The Kier molecular flexibility index (Phi) is 2.52. The highest BCUT2D eigenvalue weighted by Gasteiger charge is 2.25. The molecule has 1 aliphatic carbocycles. The predicted molar refractivity (Wildman–Crippen MR) is 52.9 cm³/mol. The first-order valence-electron chi connectivity index (χ1n) is 5.07. The van der Waals surface area contributed by atoms with Gasteiger partial charge in [0.05, 0.1) is 11.8 Å². The lowest BCUT2D eigenvalue weighted by Crippen LogP contribution is -2.36. The Morgan fingerprint density at radius 3 is 3.07 bits per heavy atom. The summed E-state index contributed by atoms with van der Waals surface area (Å²) in [5, 5.41) is 9.42. The van der Waals surface area contributed by atoms with Crippen LogP contribution in [0.2, 0.25) is 0 Å². The summed E-state index contributed by atoms with van der Waals surface area (Å²) < 4.78 is 0. The van der Waals surface area contributed by atoms with Crippen LogP contribution in [0.15, 0.2) is 12.4 Å². The number of hydrogen-bond donors (Lipinski definition) is 2. The summed E-state index contributed by atoms with van der Waals surface area (Å²) in [6, 6.07) is 0.345. The van der Waals surface area contributed by atoms with Crippen molar-refractivity contribution >= 4 is 5.91 Å². The largest absolute Gasteiger partial charge is 0.349 e. The summed E-state index contributed by atoms with van der Waals surface area (Å²) in [6.07, 6.45) is 6.71. The van der Waals surface area contributed by atoms with Gasteiger partial charge in [-0.05, 0) is 18.8 Å². The summed E-state index contributed by atoms with van der Waals surface area (Å²) in [4.78, 5) is 11.6. The molecule has 1 aliphatic rings. The molecule has 2 N–H and O–H groups in total. The van der Waals surface area contributed by atoms with E-state index in [4.69, 9.17) is 0 Å². The van der Waals surface area contributed by atoms with Crippen molar-refractivity contribution in [1.82, 2.24) is 15.5 Å². The van der Waals surface area contributed by atoms with Crippen molar-refractivity contribution < 1.29 is 4.79 Å². The van der Waals surface area contributed by atoms with Crippen LogP contribution in [-0.4, -0.2) is 22.1 Å². The lowest BCUT2D eigenvalue weighted by molar-refractivity contribution is 0.0929. The molecule has 1 saturated carbocycles. The van der Waals surface area contributed by atoms with Crippen LogP contribution in [0.5, 0.6) is 0 Å². The van der Waals surface area contributed by atoms with Gasteiger partial charge in [0, 0.05) is 12.2 Å². The quantitative estimate of drug-likeness (QED) is 0.744. The van der Waals surface area contributed by atoms with Crippen LogP contribution in [0.3, 0.4) is 0 Å². The molecule has 1 aromatic heterocycles. The molecule has 0 aromatic carbocycles. The first kappa shape index (κ1) is 9.24. The zero-order chi connectivity index (χ0) is 9.97. The number of amides is 1. The number of aromatic amines is 1. The molecule has 0 radical (unpaired) electrons. The van der Waals surface area contributed by atoms with Gasteiger partial charge in [-0.1, -0.05) is 13.3 Å². The molecular formula is C10H15N3O. The fourth-order valence-electron chi connectivity index (χ4n) is 1.99. The summed E-state index contributed by atoms with van der Waals surface area (Å²) in [7, 11) is 0. The molecule has 1 amide bonds. The van der Waals surface area contributed by atoms with E-state index in [9.17, 15) is 4.79 Å². The van der Waals surface area contributed by atoms with E-state index in [-0.39, 0.29) is 5.91 Å². The van der Waals surface area contributed by atoms with Gasteiger partial charge in [0.25, 0.3) is 5.91 Å². The van der Waals surface area contributed by atoms with Crippen molar-refractivity contribution in [2.75, 3.05) is 0 Å². The van der Waals surface area contributed by atoms with Crippen molar-refractivity contribution in [3.8, 4) is 0 Å². The van der Waals surface area contributed by atoms with Gasteiger partial charge >= 0.3 is 0 Å². The summed E-state index contributed by atoms with van der Waals surface area (Å²) in [6.45, 7) is 2.19. The minimum absolute atomic E-state index is 0.0162.